The molecule has 2 heteroatoms. The van der Waals surface area contributed by atoms with Gasteiger partial charge in [-0.3, -0.25) is 0 Å². The molecule has 0 aliphatic carbocycles. The zero-order chi connectivity index (χ0) is 17.6. The van der Waals surface area contributed by atoms with Gasteiger partial charge in [0.05, 0.1) is 0 Å². The first-order valence-corrected chi connectivity index (χ1v) is 9.32. The Hall–Kier alpha value is -1.44. The number of rotatable bonds is 6. The zero-order valence-corrected chi connectivity index (χ0v) is 19.9. The van der Waals surface area contributed by atoms with Crippen molar-refractivity contribution in [2.75, 3.05) is 4.90 Å². The van der Waals surface area contributed by atoms with Crippen LogP contribution in [0, 0.1) is 7.43 Å². The zero-order valence-electron chi connectivity index (χ0n) is 17.1. The summed E-state index contributed by atoms with van der Waals surface area (Å²) in [6.07, 6.45) is 3.20. The Balaban J connectivity index is 0.00000182. The first kappa shape index (κ1) is 23.6. The van der Waals surface area contributed by atoms with Crippen LogP contribution in [0.4, 0.5) is 17.1 Å². The molecule has 3 rings (SSSR count). The molecule has 0 heterocycles. The van der Waals surface area contributed by atoms with Gasteiger partial charge in [-0.2, -0.15) is 0 Å². The average molecular weight is 433 g/mol. The Labute approximate surface area is 190 Å². The fourth-order valence-electron chi connectivity index (χ4n) is 3.09. The van der Waals surface area contributed by atoms with Crippen LogP contribution in [0.1, 0.15) is 37.5 Å². The smallest absolute Gasteiger partial charge is 0.0461 e. The largest absolute Gasteiger partial charge is 0.358 e. The number of anilines is 3. The van der Waals surface area contributed by atoms with Crippen LogP contribution in [0.3, 0.4) is 0 Å². The van der Waals surface area contributed by atoms with E-state index in [-0.39, 0.29) is 40.1 Å². The molecule has 0 saturated heterocycles. The summed E-state index contributed by atoms with van der Waals surface area (Å²) >= 11 is 0. The Morgan fingerprint density at radius 2 is 0.704 bits per heavy atom. The minimum atomic E-state index is 0. The average Bonchev–Trinajstić information content (AvgIpc) is 2.70. The summed E-state index contributed by atoms with van der Waals surface area (Å²) in [6, 6.07) is 26.7. The standard InChI is InChI=1S/C24H27N.CH3.Y/c1-4-19-7-13-22(14-8-19)25(23-15-9-20(5-2)10-16-23)24-17-11-21(6-3)12-18-24;;/h7-18H,4-6H2,1-3H3;1H3;/q;-1;. The van der Waals surface area contributed by atoms with E-state index in [0.29, 0.717) is 0 Å². The van der Waals surface area contributed by atoms with Crippen molar-refractivity contribution in [2.24, 2.45) is 0 Å². The molecule has 0 spiro atoms. The van der Waals surface area contributed by atoms with Crippen molar-refractivity contribution < 1.29 is 32.7 Å². The summed E-state index contributed by atoms with van der Waals surface area (Å²) in [5.41, 5.74) is 7.70. The van der Waals surface area contributed by atoms with Gasteiger partial charge in [0.15, 0.2) is 0 Å². The second kappa shape index (κ2) is 11.4. The van der Waals surface area contributed by atoms with Crippen LogP contribution in [0.2, 0.25) is 0 Å². The van der Waals surface area contributed by atoms with Gasteiger partial charge in [-0.25, -0.2) is 0 Å². The van der Waals surface area contributed by atoms with Crippen LogP contribution in [0.15, 0.2) is 72.8 Å². The minimum Gasteiger partial charge on any atom is -0.358 e. The number of hydrogen-bond donors (Lipinski definition) is 0. The monoisotopic (exact) mass is 433 g/mol. The van der Waals surface area contributed by atoms with Crippen molar-refractivity contribution in [3.05, 3.63) is 96.9 Å². The molecule has 1 nitrogen and oxygen atoms in total. The molecule has 0 atom stereocenters. The number of nitrogens with zero attached hydrogens (tertiary/aromatic N) is 1. The Morgan fingerprint density at radius 3 is 0.889 bits per heavy atom. The molecule has 0 aliphatic rings. The summed E-state index contributed by atoms with van der Waals surface area (Å²) in [7, 11) is 0. The maximum absolute atomic E-state index is 2.33. The van der Waals surface area contributed by atoms with Crippen molar-refractivity contribution in [3.63, 3.8) is 0 Å². The van der Waals surface area contributed by atoms with Crippen molar-refractivity contribution >= 4 is 17.1 Å². The van der Waals surface area contributed by atoms with Crippen molar-refractivity contribution in [2.45, 2.75) is 40.0 Å². The molecule has 0 amide bonds. The van der Waals surface area contributed by atoms with Crippen LogP contribution < -0.4 is 4.90 Å². The molecule has 27 heavy (non-hydrogen) atoms. The van der Waals surface area contributed by atoms with Gasteiger partial charge in [-0.1, -0.05) is 57.2 Å². The molecular formula is C25H30NY-. The Kier molecular flexibility index (Phi) is 9.98. The van der Waals surface area contributed by atoms with Gasteiger partial charge >= 0.3 is 0 Å². The molecule has 0 bridgehead atoms. The molecule has 139 valence electrons. The third-order valence-corrected chi connectivity index (χ3v) is 4.81. The van der Waals surface area contributed by atoms with Gasteiger partial charge in [0.25, 0.3) is 0 Å². The van der Waals surface area contributed by atoms with E-state index in [0.717, 1.165) is 19.3 Å². The maximum atomic E-state index is 2.33. The number of hydrogen-bond acceptors (Lipinski definition) is 1. The van der Waals surface area contributed by atoms with Gasteiger partial charge in [-0.15, -0.1) is 0 Å². The van der Waals surface area contributed by atoms with Gasteiger partial charge in [0.1, 0.15) is 0 Å². The van der Waals surface area contributed by atoms with E-state index in [2.05, 4.69) is 98.5 Å². The minimum absolute atomic E-state index is 0. The quantitative estimate of drug-likeness (QED) is 0.369. The SMILES string of the molecule is CCc1ccc(N(c2ccc(CC)cc2)c2ccc(CC)cc2)cc1.[CH3-].[Y]. The van der Waals surface area contributed by atoms with Gasteiger partial charge in [-0.05, 0) is 72.4 Å². The number of aryl methyl sites for hydroxylation is 3. The van der Waals surface area contributed by atoms with Crippen LogP contribution in [0.25, 0.3) is 0 Å². The fourth-order valence-corrected chi connectivity index (χ4v) is 3.09. The fraction of sp³-hybridized carbons (Fsp3) is 0.240. The van der Waals surface area contributed by atoms with E-state index < -0.39 is 0 Å². The molecule has 3 aromatic rings. The second-order valence-electron chi connectivity index (χ2n) is 6.40. The van der Waals surface area contributed by atoms with E-state index in [1.54, 1.807) is 0 Å². The van der Waals surface area contributed by atoms with Crippen molar-refractivity contribution in [1.82, 2.24) is 0 Å². The van der Waals surface area contributed by atoms with Crippen LogP contribution in [-0.4, -0.2) is 0 Å². The molecule has 0 N–H and O–H groups in total. The van der Waals surface area contributed by atoms with Crippen LogP contribution in [0.5, 0.6) is 0 Å². The van der Waals surface area contributed by atoms with Gasteiger partial charge in [0, 0.05) is 49.8 Å². The first-order valence-electron chi connectivity index (χ1n) is 9.32. The summed E-state index contributed by atoms with van der Waals surface area (Å²) in [4.78, 5) is 2.33. The molecule has 3 aromatic carbocycles. The molecule has 0 fully saturated rings. The molecular weight excluding hydrogens is 403 g/mol. The third kappa shape index (κ3) is 5.77. The summed E-state index contributed by atoms with van der Waals surface area (Å²) in [5, 5.41) is 0. The van der Waals surface area contributed by atoms with Gasteiger partial charge < -0.3 is 12.3 Å². The Morgan fingerprint density at radius 1 is 0.481 bits per heavy atom. The molecule has 0 aliphatic heterocycles. The molecule has 0 saturated carbocycles. The molecule has 0 aromatic heterocycles. The normalized spacial score (nSPS) is 9.89. The summed E-state index contributed by atoms with van der Waals surface area (Å²) in [5.74, 6) is 0. The predicted molar refractivity (Wildman–Crippen MR) is 116 cm³/mol. The van der Waals surface area contributed by atoms with E-state index in [9.17, 15) is 0 Å². The summed E-state index contributed by atoms with van der Waals surface area (Å²) in [6.45, 7) is 6.58. The topological polar surface area (TPSA) is 3.24 Å². The summed E-state index contributed by atoms with van der Waals surface area (Å²) < 4.78 is 0. The maximum Gasteiger partial charge on any atom is 0.0461 e. The van der Waals surface area contributed by atoms with Crippen molar-refractivity contribution in [3.8, 4) is 0 Å². The van der Waals surface area contributed by atoms with E-state index in [1.165, 1.54) is 33.8 Å². The van der Waals surface area contributed by atoms with E-state index >= 15 is 0 Å². The van der Waals surface area contributed by atoms with Crippen LogP contribution >= 0.6 is 0 Å². The first-order chi connectivity index (χ1) is 12.2. The van der Waals surface area contributed by atoms with Crippen LogP contribution in [-0.2, 0) is 52.0 Å². The molecule has 0 unspecified atom stereocenters. The number of benzene rings is 3. The van der Waals surface area contributed by atoms with E-state index in [1.807, 2.05) is 0 Å². The third-order valence-electron chi connectivity index (χ3n) is 4.81. The predicted octanol–water partition coefficient (Wildman–Crippen LogP) is 7.29. The second-order valence-corrected chi connectivity index (χ2v) is 6.40. The Bertz CT molecular complexity index is 676. The van der Waals surface area contributed by atoms with Gasteiger partial charge in [0.2, 0.25) is 0 Å². The molecule has 1 radical (unpaired) electrons. The van der Waals surface area contributed by atoms with E-state index in [4.69, 9.17) is 0 Å². The van der Waals surface area contributed by atoms with Crippen molar-refractivity contribution in [1.29, 1.82) is 0 Å².